The van der Waals surface area contributed by atoms with Crippen LogP contribution in [-0.2, 0) is 6.54 Å². The topological polar surface area (TPSA) is 45.2 Å². The Kier molecular flexibility index (Phi) is 4.73. The molecule has 3 rings (SSSR count). The molecule has 1 saturated carbocycles. The second-order valence-electron chi connectivity index (χ2n) is 6.28. The van der Waals surface area contributed by atoms with Gasteiger partial charge >= 0.3 is 6.03 Å². The first-order valence-electron chi connectivity index (χ1n) is 8.29. The summed E-state index contributed by atoms with van der Waals surface area (Å²) < 4.78 is 0. The van der Waals surface area contributed by atoms with Gasteiger partial charge in [0.25, 0.3) is 0 Å². The van der Waals surface area contributed by atoms with Crippen LogP contribution in [0.1, 0.15) is 50.6 Å². The van der Waals surface area contributed by atoms with Gasteiger partial charge in [-0.05, 0) is 43.7 Å². The van der Waals surface area contributed by atoms with E-state index in [1.165, 1.54) is 38.5 Å². The summed E-state index contributed by atoms with van der Waals surface area (Å²) in [5.74, 6) is 0.724. The second-order valence-corrected chi connectivity index (χ2v) is 6.28. The average molecular weight is 287 g/mol. The molecule has 1 atom stereocenters. The van der Waals surface area contributed by atoms with E-state index in [1.807, 2.05) is 18.2 Å². The summed E-state index contributed by atoms with van der Waals surface area (Å²) in [5.41, 5.74) is 0.916. The van der Waals surface area contributed by atoms with Crippen molar-refractivity contribution in [3.05, 3.63) is 30.1 Å². The maximum absolute atomic E-state index is 12.5. The highest BCUT2D eigenvalue weighted by molar-refractivity contribution is 5.74. The van der Waals surface area contributed by atoms with Gasteiger partial charge in [0.2, 0.25) is 0 Å². The van der Waals surface area contributed by atoms with Gasteiger partial charge in [0, 0.05) is 18.8 Å². The molecule has 1 aliphatic heterocycles. The average Bonchev–Trinajstić information content (AvgIpc) is 3.04. The van der Waals surface area contributed by atoms with Gasteiger partial charge in [-0.15, -0.1) is 0 Å². The number of urea groups is 1. The maximum Gasteiger partial charge on any atom is 0.317 e. The quantitative estimate of drug-likeness (QED) is 0.926. The molecule has 1 aromatic heterocycles. The lowest BCUT2D eigenvalue weighted by Crippen LogP contribution is -2.45. The monoisotopic (exact) mass is 287 g/mol. The zero-order chi connectivity index (χ0) is 14.5. The molecule has 4 nitrogen and oxygen atoms in total. The van der Waals surface area contributed by atoms with Crippen LogP contribution >= 0.6 is 0 Å². The zero-order valence-electron chi connectivity index (χ0n) is 12.6. The molecule has 2 amide bonds. The van der Waals surface area contributed by atoms with Crippen molar-refractivity contribution in [3.8, 4) is 0 Å². The molecule has 1 aliphatic carbocycles. The van der Waals surface area contributed by atoms with Gasteiger partial charge in [-0.25, -0.2) is 4.79 Å². The SMILES string of the molecule is O=C(NCc1ccccn1)N1CCC[C@@H]1C1CCCCC1. The van der Waals surface area contributed by atoms with E-state index in [0.29, 0.717) is 12.6 Å². The number of rotatable bonds is 3. The van der Waals surface area contributed by atoms with Crippen molar-refractivity contribution in [2.75, 3.05) is 6.54 Å². The number of hydrogen-bond donors (Lipinski definition) is 1. The molecule has 0 bridgehead atoms. The minimum absolute atomic E-state index is 0.0914. The molecular formula is C17H25N3O. The molecule has 1 aromatic rings. The Labute approximate surface area is 126 Å². The number of carbonyl (C=O) groups is 1. The second kappa shape index (κ2) is 6.92. The molecule has 114 valence electrons. The van der Waals surface area contributed by atoms with Crippen LogP contribution in [0.4, 0.5) is 4.79 Å². The van der Waals surface area contributed by atoms with E-state index >= 15 is 0 Å². The molecule has 21 heavy (non-hydrogen) atoms. The predicted molar refractivity (Wildman–Crippen MR) is 82.8 cm³/mol. The number of nitrogens with zero attached hydrogens (tertiary/aromatic N) is 2. The lowest BCUT2D eigenvalue weighted by Gasteiger charge is -2.34. The Morgan fingerprint density at radius 3 is 2.81 bits per heavy atom. The van der Waals surface area contributed by atoms with Gasteiger partial charge in [-0.1, -0.05) is 25.3 Å². The lowest BCUT2D eigenvalue weighted by atomic mass is 9.83. The summed E-state index contributed by atoms with van der Waals surface area (Å²) in [6.45, 7) is 1.43. The predicted octanol–water partition coefficient (Wildman–Crippen LogP) is 3.34. The van der Waals surface area contributed by atoms with Crippen LogP contribution in [0.25, 0.3) is 0 Å². The number of amides is 2. The first-order valence-corrected chi connectivity index (χ1v) is 8.29. The first kappa shape index (κ1) is 14.4. The van der Waals surface area contributed by atoms with E-state index in [2.05, 4.69) is 15.2 Å². The van der Waals surface area contributed by atoms with Crippen LogP contribution in [0.5, 0.6) is 0 Å². The fourth-order valence-corrected chi connectivity index (χ4v) is 3.82. The fourth-order valence-electron chi connectivity index (χ4n) is 3.82. The third-order valence-electron chi connectivity index (χ3n) is 4.90. The molecular weight excluding hydrogens is 262 g/mol. The smallest absolute Gasteiger partial charge is 0.317 e. The number of hydrogen-bond acceptors (Lipinski definition) is 2. The Morgan fingerprint density at radius 1 is 1.19 bits per heavy atom. The molecule has 1 saturated heterocycles. The normalized spacial score (nSPS) is 23.2. The summed E-state index contributed by atoms with van der Waals surface area (Å²) in [7, 11) is 0. The molecule has 0 aromatic carbocycles. The van der Waals surface area contributed by atoms with Crippen molar-refractivity contribution < 1.29 is 4.79 Å². The molecule has 0 spiro atoms. The van der Waals surface area contributed by atoms with E-state index in [4.69, 9.17) is 0 Å². The third-order valence-corrected chi connectivity index (χ3v) is 4.90. The van der Waals surface area contributed by atoms with Crippen molar-refractivity contribution >= 4 is 6.03 Å². The third kappa shape index (κ3) is 3.55. The maximum atomic E-state index is 12.5. The fraction of sp³-hybridized carbons (Fsp3) is 0.647. The Hall–Kier alpha value is -1.58. The highest BCUT2D eigenvalue weighted by Crippen LogP contribution is 2.34. The minimum Gasteiger partial charge on any atom is -0.332 e. The number of nitrogens with one attached hydrogen (secondary N) is 1. The summed E-state index contributed by atoms with van der Waals surface area (Å²) in [5, 5.41) is 3.03. The minimum atomic E-state index is 0.0914. The van der Waals surface area contributed by atoms with E-state index in [-0.39, 0.29) is 6.03 Å². The van der Waals surface area contributed by atoms with Crippen molar-refractivity contribution in [3.63, 3.8) is 0 Å². The van der Waals surface area contributed by atoms with E-state index in [1.54, 1.807) is 6.20 Å². The molecule has 0 unspecified atom stereocenters. The number of likely N-dealkylation sites (tertiary alicyclic amines) is 1. The highest BCUT2D eigenvalue weighted by Gasteiger charge is 2.34. The Balaban J connectivity index is 1.55. The van der Waals surface area contributed by atoms with Gasteiger partial charge in [0.15, 0.2) is 0 Å². The van der Waals surface area contributed by atoms with E-state index in [9.17, 15) is 4.79 Å². The van der Waals surface area contributed by atoms with E-state index in [0.717, 1.165) is 24.6 Å². The highest BCUT2D eigenvalue weighted by atomic mass is 16.2. The standard InChI is InChI=1S/C17H25N3O/c21-17(19-13-15-9-4-5-11-18-15)20-12-6-10-16(20)14-7-2-1-3-8-14/h4-5,9,11,14,16H,1-3,6-8,10,12-13H2,(H,19,21)/t16-/m1/s1. The first-order chi connectivity index (χ1) is 10.3. The van der Waals surface area contributed by atoms with Crippen molar-refractivity contribution in [2.45, 2.75) is 57.5 Å². The zero-order valence-corrected chi connectivity index (χ0v) is 12.6. The van der Waals surface area contributed by atoms with Crippen LogP contribution in [-0.4, -0.2) is 28.5 Å². The summed E-state index contributed by atoms with van der Waals surface area (Å²) >= 11 is 0. The molecule has 4 heteroatoms. The molecule has 2 aliphatic rings. The van der Waals surface area contributed by atoms with Crippen molar-refractivity contribution in [1.82, 2.24) is 15.2 Å². The summed E-state index contributed by atoms with van der Waals surface area (Å²) in [6, 6.07) is 6.35. The molecule has 0 radical (unpaired) electrons. The van der Waals surface area contributed by atoms with Gasteiger partial charge in [0.05, 0.1) is 12.2 Å². The van der Waals surface area contributed by atoms with Gasteiger partial charge in [-0.2, -0.15) is 0 Å². The van der Waals surface area contributed by atoms with Crippen molar-refractivity contribution in [1.29, 1.82) is 0 Å². The number of pyridine rings is 1. The Morgan fingerprint density at radius 2 is 2.05 bits per heavy atom. The molecule has 2 heterocycles. The van der Waals surface area contributed by atoms with Crippen LogP contribution in [0.3, 0.4) is 0 Å². The molecule has 2 fully saturated rings. The van der Waals surface area contributed by atoms with Gasteiger partial charge in [0.1, 0.15) is 0 Å². The van der Waals surface area contributed by atoms with Crippen LogP contribution < -0.4 is 5.32 Å². The summed E-state index contributed by atoms with van der Waals surface area (Å²) in [4.78, 5) is 18.8. The largest absolute Gasteiger partial charge is 0.332 e. The summed E-state index contributed by atoms with van der Waals surface area (Å²) in [6.07, 6.45) is 10.7. The van der Waals surface area contributed by atoms with Crippen LogP contribution in [0.15, 0.2) is 24.4 Å². The van der Waals surface area contributed by atoms with Gasteiger partial charge in [-0.3, -0.25) is 4.98 Å². The number of aromatic nitrogens is 1. The lowest BCUT2D eigenvalue weighted by molar-refractivity contribution is 0.156. The Bertz CT molecular complexity index is 456. The van der Waals surface area contributed by atoms with Crippen molar-refractivity contribution in [2.24, 2.45) is 5.92 Å². The number of carbonyl (C=O) groups excluding carboxylic acids is 1. The van der Waals surface area contributed by atoms with Crippen LogP contribution in [0.2, 0.25) is 0 Å². The van der Waals surface area contributed by atoms with E-state index < -0.39 is 0 Å². The molecule has 1 N–H and O–H groups in total. The van der Waals surface area contributed by atoms with Crippen LogP contribution in [0, 0.1) is 5.92 Å². The van der Waals surface area contributed by atoms with Gasteiger partial charge < -0.3 is 10.2 Å².